The van der Waals surface area contributed by atoms with E-state index in [0.717, 1.165) is 71.1 Å². The van der Waals surface area contributed by atoms with Crippen molar-refractivity contribution >= 4 is 45.3 Å². The number of carbonyl (C=O) groups excluding carboxylic acids is 1. The summed E-state index contributed by atoms with van der Waals surface area (Å²) in [5.41, 5.74) is 3.86. The van der Waals surface area contributed by atoms with Gasteiger partial charge in [0, 0.05) is 61.2 Å². The monoisotopic (exact) mass is 633 g/mol. The van der Waals surface area contributed by atoms with Crippen molar-refractivity contribution in [2.24, 2.45) is 0 Å². The van der Waals surface area contributed by atoms with Crippen LogP contribution in [0.5, 0.6) is 11.8 Å². The van der Waals surface area contributed by atoms with E-state index in [9.17, 15) is 4.79 Å². The fraction of sp³-hybridized carbons (Fsp3) is 0.515. The number of benzene rings is 2. The number of likely N-dealkylation sites (tertiary alicyclic amines) is 1. The Morgan fingerprint density at radius 2 is 1.76 bits per heavy atom. The molecule has 2 aromatic carbocycles. The first kappa shape index (κ1) is 29.9. The third-order valence-electron chi connectivity index (χ3n) is 8.60. The molecule has 4 heterocycles. The minimum atomic E-state index is -0.552. The second-order valence-corrected chi connectivity index (χ2v) is 13.8. The van der Waals surface area contributed by atoms with Crippen molar-refractivity contribution in [1.82, 2.24) is 30.0 Å². The molecule has 0 unspecified atom stereocenters. The zero-order valence-electron chi connectivity index (χ0n) is 26.5. The maximum absolute atomic E-state index is 12.8. The number of piperazine rings is 1. The van der Waals surface area contributed by atoms with Gasteiger partial charge in [-0.1, -0.05) is 17.7 Å². The van der Waals surface area contributed by atoms with Crippen LogP contribution in [0.15, 0.2) is 24.4 Å². The maximum Gasteiger partial charge on any atom is 0.410 e. The molecule has 4 aromatic rings. The summed E-state index contributed by atoms with van der Waals surface area (Å²) in [6.07, 6.45) is 4.47. The van der Waals surface area contributed by atoms with E-state index in [2.05, 4.69) is 40.0 Å². The Kier molecular flexibility index (Phi) is 7.64. The van der Waals surface area contributed by atoms with Crippen molar-refractivity contribution in [3.05, 3.63) is 35.0 Å². The molecule has 1 aliphatic carbocycles. The van der Waals surface area contributed by atoms with Crippen molar-refractivity contribution in [2.45, 2.75) is 64.8 Å². The zero-order valence-corrected chi connectivity index (χ0v) is 27.3. The van der Waals surface area contributed by atoms with Crippen molar-refractivity contribution in [3.8, 4) is 22.9 Å². The number of aromatic amines is 1. The largest absolute Gasteiger partial charge is 0.487 e. The van der Waals surface area contributed by atoms with Crippen LogP contribution in [0.3, 0.4) is 0 Å². The highest BCUT2D eigenvalue weighted by molar-refractivity contribution is 6.35. The highest BCUT2D eigenvalue weighted by Crippen LogP contribution is 2.48. The number of rotatable bonds is 6. The molecule has 2 saturated heterocycles. The van der Waals surface area contributed by atoms with E-state index in [1.807, 2.05) is 39.1 Å². The van der Waals surface area contributed by atoms with Crippen LogP contribution >= 0.6 is 11.6 Å². The van der Waals surface area contributed by atoms with Crippen molar-refractivity contribution < 1.29 is 19.0 Å². The Morgan fingerprint density at radius 3 is 2.44 bits per heavy atom. The Balaban J connectivity index is 1.35. The van der Waals surface area contributed by atoms with Gasteiger partial charge in [0.1, 0.15) is 23.0 Å². The molecule has 0 bridgehead atoms. The van der Waals surface area contributed by atoms with E-state index in [1.54, 1.807) is 4.90 Å². The Hall–Kier alpha value is -3.83. The minimum Gasteiger partial charge on any atom is -0.487 e. The van der Waals surface area contributed by atoms with Crippen LogP contribution in [-0.2, 0) is 4.74 Å². The summed E-state index contributed by atoms with van der Waals surface area (Å²) in [6, 6.07) is 6.36. The van der Waals surface area contributed by atoms with Crippen LogP contribution in [0, 0.1) is 6.92 Å². The number of likely N-dealkylation sites (N-methyl/N-ethyl adjacent to an activating group) is 1. The summed E-state index contributed by atoms with van der Waals surface area (Å²) >= 11 is 7.23. The Labute approximate surface area is 267 Å². The molecular weight excluding hydrogens is 594 g/mol. The van der Waals surface area contributed by atoms with Crippen LogP contribution in [0.4, 0.5) is 10.6 Å². The summed E-state index contributed by atoms with van der Waals surface area (Å²) in [6.45, 7) is 11.6. The lowest BCUT2D eigenvalue weighted by molar-refractivity contribution is 0.0240. The van der Waals surface area contributed by atoms with Crippen LogP contribution < -0.4 is 14.4 Å². The topological polar surface area (TPSA) is 109 Å². The van der Waals surface area contributed by atoms with Gasteiger partial charge in [-0.05, 0) is 71.7 Å². The first-order chi connectivity index (χ1) is 21.5. The second-order valence-electron chi connectivity index (χ2n) is 13.4. The number of amides is 1. The van der Waals surface area contributed by atoms with Gasteiger partial charge >= 0.3 is 12.1 Å². The van der Waals surface area contributed by atoms with Crippen LogP contribution in [0.2, 0.25) is 5.02 Å². The molecule has 2 aromatic heterocycles. The molecule has 1 amide bonds. The minimum absolute atomic E-state index is 0.00851. The lowest BCUT2D eigenvalue weighted by atomic mass is 9.94. The molecule has 238 valence electrons. The lowest BCUT2D eigenvalue weighted by Gasteiger charge is -2.36. The van der Waals surface area contributed by atoms with Gasteiger partial charge in [-0.2, -0.15) is 15.1 Å². The number of aromatic nitrogens is 4. The normalized spacial score (nSPS) is 19.5. The van der Waals surface area contributed by atoms with Gasteiger partial charge in [0.15, 0.2) is 5.75 Å². The highest BCUT2D eigenvalue weighted by atomic mass is 35.5. The molecule has 0 spiro atoms. The smallest absolute Gasteiger partial charge is 0.410 e. The van der Waals surface area contributed by atoms with Gasteiger partial charge in [0.2, 0.25) is 0 Å². The van der Waals surface area contributed by atoms with Crippen LogP contribution in [-0.4, -0.2) is 100 Å². The summed E-state index contributed by atoms with van der Waals surface area (Å²) in [5.74, 6) is 1.36. The quantitative estimate of drug-likeness (QED) is 0.281. The Morgan fingerprint density at radius 1 is 0.978 bits per heavy atom. The summed E-state index contributed by atoms with van der Waals surface area (Å²) in [5, 5.41) is 9.71. The van der Waals surface area contributed by atoms with E-state index in [4.69, 9.17) is 35.8 Å². The summed E-state index contributed by atoms with van der Waals surface area (Å²) < 4.78 is 18.8. The molecule has 3 fully saturated rings. The molecule has 3 aliphatic rings. The number of nitrogens with zero attached hydrogens (tertiary/aromatic N) is 6. The number of ether oxygens (including phenoxy) is 3. The average molecular weight is 634 g/mol. The number of fused-ring (bicyclic) bond motifs is 2. The number of anilines is 1. The van der Waals surface area contributed by atoms with Gasteiger partial charge in [0.05, 0.1) is 22.8 Å². The average Bonchev–Trinajstić information content (AvgIpc) is 3.51. The van der Waals surface area contributed by atoms with E-state index in [-0.39, 0.29) is 18.3 Å². The predicted molar refractivity (Wildman–Crippen MR) is 175 cm³/mol. The van der Waals surface area contributed by atoms with Gasteiger partial charge in [-0.25, -0.2) is 4.79 Å². The van der Waals surface area contributed by atoms with Crippen molar-refractivity contribution in [1.29, 1.82) is 0 Å². The lowest BCUT2D eigenvalue weighted by Crippen LogP contribution is -2.50. The molecular formula is C33H40ClN7O4. The zero-order chi connectivity index (χ0) is 31.5. The fourth-order valence-corrected chi connectivity index (χ4v) is 6.48. The standard InChI is InChI=1S/C33H40ClN7O4/c1-19-6-9-25-23(17-35-38-25)26(19)27-24(34)16-22-28(29(27)43-20-7-8-20)36-31(44-21-10-11-39(5)18-21)37-30(22)40-12-14-41(15-13-40)32(42)45-33(2,3)4/h6,9,16-17,20-21H,7-8,10-15,18H2,1-5H3,(H,35,38)/t21-/m1/s1. The van der Waals surface area contributed by atoms with Crippen molar-refractivity contribution in [3.63, 3.8) is 0 Å². The van der Waals surface area contributed by atoms with Gasteiger partial charge < -0.3 is 28.9 Å². The molecule has 11 nitrogen and oxygen atoms in total. The second kappa shape index (κ2) is 11.5. The number of H-pyrrole nitrogens is 1. The third-order valence-corrected chi connectivity index (χ3v) is 8.90. The molecule has 1 N–H and O–H groups in total. The van der Waals surface area contributed by atoms with E-state index >= 15 is 0 Å². The van der Waals surface area contributed by atoms with Gasteiger partial charge in [0.25, 0.3) is 0 Å². The summed E-state index contributed by atoms with van der Waals surface area (Å²) in [7, 11) is 2.09. The predicted octanol–water partition coefficient (Wildman–Crippen LogP) is 5.82. The number of hydrogen-bond acceptors (Lipinski definition) is 9. The number of hydrogen-bond donors (Lipinski definition) is 1. The molecule has 1 saturated carbocycles. The molecule has 45 heavy (non-hydrogen) atoms. The molecule has 12 heteroatoms. The third kappa shape index (κ3) is 6.07. The number of aryl methyl sites for hydroxylation is 1. The highest BCUT2D eigenvalue weighted by Gasteiger charge is 2.33. The van der Waals surface area contributed by atoms with Crippen LogP contribution in [0.25, 0.3) is 32.9 Å². The van der Waals surface area contributed by atoms with E-state index in [1.165, 1.54) is 0 Å². The van der Waals surface area contributed by atoms with Crippen molar-refractivity contribution in [2.75, 3.05) is 51.2 Å². The molecule has 2 aliphatic heterocycles. The van der Waals surface area contributed by atoms with Gasteiger partial charge in [-0.15, -0.1) is 0 Å². The van der Waals surface area contributed by atoms with Crippen LogP contribution in [0.1, 0.15) is 45.6 Å². The van der Waals surface area contributed by atoms with E-state index in [0.29, 0.717) is 48.5 Å². The first-order valence-corrected chi connectivity index (χ1v) is 16.1. The molecule has 7 rings (SSSR count). The fourth-order valence-electron chi connectivity index (χ4n) is 6.19. The number of halogens is 1. The molecule has 0 radical (unpaired) electrons. The Bertz CT molecular complexity index is 1760. The summed E-state index contributed by atoms with van der Waals surface area (Å²) in [4.78, 5) is 29.0. The molecule has 1 atom stereocenters. The number of nitrogens with one attached hydrogen (secondary N) is 1. The number of carbonyl (C=O) groups is 1. The SMILES string of the molecule is Cc1ccc2[nH]ncc2c1-c1c(Cl)cc2c(N3CCN(C(=O)OC(C)(C)C)CC3)nc(O[C@@H]3CCN(C)C3)nc2c1OC1CC1. The maximum atomic E-state index is 12.8. The van der Waals surface area contributed by atoms with E-state index < -0.39 is 5.60 Å². The van der Waals surface area contributed by atoms with Gasteiger partial charge in [-0.3, -0.25) is 5.10 Å². The first-order valence-electron chi connectivity index (χ1n) is 15.8.